The number of aromatic nitrogens is 1. The van der Waals surface area contributed by atoms with E-state index in [1.165, 1.54) is 11.3 Å². The van der Waals surface area contributed by atoms with Crippen LogP contribution in [0.15, 0.2) is 34.2 Å². The first-order valence-electron chi connectivity index (χ1n) is 8.76. The van der Waals surface area contributed by atoms with Crippen LogP contribution < -0.4 is 11.1 Å². The normalized spacial score (nSPS) is 23.9. The summed E-state index contributed by atoms with van der Waals surface area (Å²) in [7, 11) is 0. The zero-order valence-electron chi connectivity index (χ0n) is 15.6. The van der Waals surface area contributed by atoms with Gasteiger partial charge in [0.25, 0.3) is 0 Å². The minimum Gasteiger partial charge on any atom is -0.396 e. The van der Waals surface area contributed by atoms with E-state index in [1.54, 1.807) is 24.3 Å². The number of benzene rings is 1. The second-order valence-electron chi connectivity index (χ2n) is 7.44. The molecule has 6 nitrogen and oxygen atoms in total. The number of primary amides is 1. The number of carbonyl (C=O) groups excluding carboxylic acids is 1. The molecule has 0 unspecified atom stereocenters. The summed E-state index contributed by atoms with van der Waals surface area (Å²) in [5.41, 5.74) is 5.21. The maximum absolute atomic E-state index is 11.8. The van der Waals surface area contributed by atoms with E-state index >= 15 is 0 Å². The lowest BCUT2D eigenvalue weighted by Crippen LogP contribution is -2.60. The molecule has 2 aromatic rings. The topological polar surface area (TPSA) is 97.5 Å². The van der Waals surface area contributed by atoms with Crippen molar-refractivity contribution in [2.75, 3.05) is 13.2 Å². The molecule has 0 aliphatic carbocycles. The molecule has 2 heterocycles. The van der Waals surface area contributed by atoms with Crippen molar-refractivity contribution in [3.8, 4) is 0 Å². The SMILES string of the molecule is CC1(C)C[C@@H](CO)[C@](NC(=S)c2ccccc2C(N)=O)(c2nc(Br)cs2)CO1. The third kappa shape index (κ3) is 4.13. The summed E-state index contributed by atoms with van der Waals surface area (Å²) >= 11 is 10.5. The van der Waals surface area contributed by atoms with E-state index in [-0.39, 0.29) is 24.7 Å². The molecule has 1 saturated heterocycles. The monoisotopic (exact) mass is 483 g/mol. The van der Waals surface area contributed by atoms with Crippen LogP contribution in [0.25, 0.3) is 0 Å². The Bertz CT molecular complexity index is 902. The zero-order valence-corrected chi connectivity index (χ0v) is 18.8. The highest BCUT2D eigenvalue weighted by atomic mass is 79.9. The Kier molecular flexibility index (Phi) is 6.21. The fourth-order valence-corrected chi connectivity index (χ4v) is 5.36. The van der Waals surface area contributed by atoms with Gasteiger partial charge in [0.2, 0.25) is 5.91 Å². The van der Waals surface area contributed by atoms with Crippen molar-refractivity contribution >= 4 is 50.4 Å². The average molecular weight is 484 g/mol. The van der Waals surface area contributed by atoms with Crippen LogP contribution in [0.4, 0.5) is 0 Å². The molecule has 0 bridgehead atoms. The van der Waals surface area contributed by atoms with E-state index in [0.717, 1.165) is 5.01 Å². The highest BCUT2D eigenvalue weighted by Gasteiger charge is 2.50. The number of aliphatic hydroxyl groups is 1. The van der Waals surface area contributed by atoms with Gasteiger partial charge in [-0.05, 0) is 42.3 Å². The molecular formula is C19H22BrN3O3S2. The van der Waals surface area contributed by atoms with Gasteiger partial charge in [-0.2, -0.15) is 0 Å². The predicted octanol–water partition coefficient (Wildman–Crippen LogP) is 2.97. The van der Waals surface area contributed by atoms with E-state index in [0.29, 0.717) is 27.1 Å². The smallest absolute Gasteiger partial charge is 0.249 e. The molecule has 1 amide bonds. The number of nitrogens with two attached hydrogens (primary N) is 1. The van der Waals surface area contributed by atoms with Gasteiger partial charge in [-0.1, -0.05) is 30.4 Å². The number of nitrogens with one attached hydrogen (secondary N) is 1. The Balaban J connectivity index is 2.04. The van der Waals surface area contributed by atoms with E-state index in [1.807, 2.05) is 19.2 Å². The molecule has 1 aliphatic rings. The summed E-state index contributed by atoms with van der Waals surface area (Å²) in [5, 5.41) is 16.2. The summed E-state index contributed by atoms with van der Waals surface area (Å²) in [5.74, 6) is -0.737. The number of thiazole rings is 1. The number of rotatable bonds is 5. The van der Waals surface area contributed by atoms with Crippen LogP contribution in [0.3, 0.4) is 0 Å². The molecule has 1 aromatic carbocycles. The molecule has 28 heavy (non-hydrogen) atoms. The van der Waals surface area contributed by atoms with Crippen LogP contribution in [0.1, 0.15) is 41.2 Å². The molecular weight excluding hydrogens is 462 g/mol. The summed E-state index contributed by atoms with van der Waals surface area (Å²) in [6.45, 7) is 4.22. The van der Waals surface area contributed by atoms with Crippen LogP contribution in [-0.4, -0.2) is 39.8 Å². The Morgan fingerprint density at radius 3 is 2.71 bits per heavy atom. The maximum atomic E-state index is 11.8. The van der Waals surface area contributed by atoms with Crippen molar-refractivity contribution in [2.24, 2.45) is 11.7 Å². The Morgan fingerprint density at radius 1 is 1.46 bits per heavy atom. The van der Waals surface area contributed by atoms with Crippen molar-refractivity contribution in [3.63, 3.8) is 0 Å². The van der Waals surface area contributed by atoms with Crippen LogP contribution in [0.2, 0.25) is 0 Å². The van der Waals surface area contributed by atoms with Crippen molar-refractivity contribution in [2.45, 2.75) is 31.4 Å². The minimum absolute atomic E-state index is 0.0585. The standard InChI is InChI=1S/C19H22BrN3O3S2/c1-18(2)7-11(8-24)19(10-26-18,17-22-14(20)9-28-17)23-16(27)13-6-4-3-5-12(13)15(21)25/h3-6,9,11,24H,7-8,10H2,1-2H3,(H2,21,25)(H,23,27)/t11-,19-/m0/s1. The van der Waals surface area contributed by atoms with Crippen molar-refractivity contribution in [3.05, 3.63) is 50.4 Å². The Labute approximate surface area is 181 Å². The van der Waals surface area contributed by atoms with Gasteiger partial charge in [0.05, 0.1) is 12.2 Å². The first-order valence-corrected chi connectivity index (χ1v) is 10.8. The average Bonchev–Trinajstić information content (AvgIpc) is 3.09. The largest absolute Gasteiger partial charge is 0.396 e. The van der Waals surface area contributed by atoms with Gasteiger partial charge in [-0.25, -0.2) is 4.98 Å². The molecule has 0 saturated carbocycles. The summed E-state index contributed by atoms with van der Waals surface area (Å²) in [6, 6.07) is 6.93. The van der Waals surface area contributed by atoms with Crippen LogP contribution in [0.5, 0.6) is 0 Å². The first kappa shape index (κ1) is 21.3. The van der Waals surface area contributed by atoms with Gasteiger partial charge in [0.1, 0.15) is 20.1 Å². The lowest BCUT2D eigenvalue weighted by Gasteiger charge is -2.48. The highest BCUT2D eigenvalue weighted by Crippen LogP contribution is 2.43. The molecule has 4 N–H and O–H groups in total. The molecule has 2 atom stereocenters. The van der Waals surface area contributed by atoms with Gasteiger partial charge >= 0.3 is 0 Å². The quantitative estimate of drug-likeness (QED) is 0.565. The molecule has 1 fully saturated rings. The van der Waals surface area contributed by atoms with Crippen LogP contribution in [0, 0.1) is 5.92 Å². The summed E-state index contributed by atoms with van der Waals surface area (Å²) in [4.78, 5) is 16.8. The molecule has 3 rings (SSSR count). The summed E-state index contributed by atoms with van der Waals surface area (Å²) in [6.07, 6.45) is 0.619. The van der Waals surface area contributed by atoms with E-state index < -0.39 is 11.4 Å². The lowest BCUT2D eigenvalue weighted by atomic mass is 9.75. The molecule has 0 spiro atoms. The number of aliphatic hydroxyl groups excluding tert-OH is 1. The number of nitrogens with zero attached hydrogens (tertiary/aromatic N) is 1. The van der Waals surface area contributed by atoms with Crippen molar-refractivity contribution in [1.29, 1.82) is 0 Å². The van der Waals surface area contributed by atoms with E-state index in [4.69, 9.17) is 22.7 Å². The third-order valence-corrected chi connectivity index (χ3v) is 7.03. The van der Waals surface area contributed by atoms with Gasteiger partial charge in [0.15, 0.2) is 0 Å². The summed E-state index contributed by atoms with van der Waals surface area (Å²) < 4.78 is 6.83. The molecule has 0 radical (unpaired) electrons. The van der Waals surface area contributed by atoms with Crippen molar-refractivity contribution in [1.82, 2.24) is 10.3 Å². The number of amides is 1. The van der Waals surface area contributed by atoms with Crippen LogP contribution in [-0.2, 0) is 10.3 Å². The highest BCUT2D eigenvalue weighted by molar-refractivity contribution is 9.10. The second-order valence-corrected chi connectivity index (χ2v) is 9.52. The number of hydrogen-bond acceptors (Lipinski definition) is 6. The van der Waals surface area contributed by atoms with E-state index in [2.05, 4.69) is 26.2 Å². The van der Waals surface area contributed by atoms with Gasteiger partial charge in [-0.3, -0.25) is 4.79 Å². The molecule has 9 heteroatoms. The maximum Gasteiger partial charge on any atom is 0.249 e. The van der Waals surface area contributed by atoms with Gasteiger partial charge in [-0.15, -0.1) is 11.3 Å². The van der Waals surface area contributed by atoms with Gasteiger partial charge in [0, 0.05) is 29.0 Å². The van der Waals surface area contributed by atoms with Gasteiger partial charge < -0.3 is 20.9 Å². The number of halogens is 1. The van der Waals surface area contributed by atoms with Crippen molar-refractivity contribution < 1.29 is 14.6 Å². The second kappa shape index (κ2) is 8.16. The zero-order chi connectivity index (χ0) is 20.5. The number of carbonyl (C=O) groups is 1. The Hall–Kier alpha value is -1.39. The predicted molar refractivity (Wildman–Crippen MR) is 117 cm³/mol. The van der Waals surface area contributed by atoms with Crippen LogP contribution >= 0.6 is 39.5 Å². The molecule has 1 aliphatic heterocycles. The minimum atomic E-state index is -0.817. The lowest BCUT2D eigenvalue weighted by molar-refractivity contribution is -0.129. The molecule has 150 valence electrons. The Morgan fingerprint density at radius 2 is 2.14 bits per heavy atom. The number of thiocarbonyl (C=S) groups is 1. The fourth-order valence-electron chi connectivity index (χ4n) is 3.53. The fraction of sp³-hybridized carbons (Fsp3) is 0.421. The van der Waals surface area contributed by atoms with E-state index in [9.17, 15) is 9.90 Å². The number of ether oxygens (including phenoxy) is 1. The first-order chi connectivity index (χ1) is 13.2. The number of hydrogen-bond donors (Lipinski definition) is 3. The molecule has 1 aromatic heterocycles. The third-order valence-electron chi connectivity index (χ3n) is 4.98.